The van der Waals surface area contributed by atoms with Crippen LogP contribution in [0.2, 0.25) is 0 Å². The van der Waals surface area contributed by atoms with E-state index in [9.17, 15) is 4.79 Å². The van der Waals surface area contributed by atoms with Crippen LogP contribution in [0.1, 0.15) is 25.3 Å². The average Bonchev–Trinajstić information content (AvgIpc) is 2.40. The Kier molecular flexibility index (Phi) is 6.22. The molecule has 1 aromatic rings. The van der Waals surface area contributed by atoms with Crippen LogP contribution in [-0.4, -0.2) is 25.6 Å². The number of hydrogen-bond donors (Lipinski definition) is 2. The van der Waals surface area contributed by atoms with Gasteiger partial charge in [-0.05, 0) is 30.5 Å². The number of amides is 1. The van der Waals surface area contributed by atoms with Crippen LogP contribution in [0.25, 0.3) is 0 Å². The Bertz CT molecular complexity index is 363. The number of hydrogen-bond acceptors (Lipinski definition) is 3. The molecule has 1 atom stereocenters. The maximum Gasteiger partial charge on any atom is 0.223 e. The Labute approximate surface area is 109 Å². The highest BCUT2D eigenvalue weighted by Crippen LogP contribution is 2.13. The molecule has 0 aliphatic rings. The fourth-order valence-corrected chi connectivity index (χ4v) is 1.56. The van der Waals surface area contributed by atoms with Gasteiger partial charge in [-0.3, -0.25) is 4.79 Å². The minimum Gasteiger partial charge on any atom is -0.493 e. The molecule has 100 valence electrons. The van der Waals surface area contributed by atoms with Gasteiger partial charge < -0.3 is 15.8 Å². The summed E-state index contributed by atoms with van der Waals surface area (Å²) in [5, 5.41) is 2.56. The van der Waals surface area contributed by atoms with Gasteiger partial charge in [0, 0.05) is 13.1 Å². The quantitative estimate of drug-likeness (QED) is 0.770. The van der Waals surface area contributed by atoms with Gasteiger partial charge in [0.15, 0.2) is 0 Å². The van der Waals surface area contributed by atoms with Crippen molar-refractivity contribution in [2.75, 3.05) is 13.7 Å². The molecular weight excluding hydrogens is 228 g/mol. The molecule has 3 N–H and O–H groups in total. The van der Waals surface area contributed by atoms with Gasteiger partial charge in [-0.2, -0.15) is 0 Å². The third-order valence-corrected chi connectivity index (χ3v) is 2.82. The fourth-order valence-electron chi connectivity index (χ4n) is 1.56. The monoisotopic (exact) mass is 250 g/mol. The molecule has 1 unspecified atom stereocenters. The van der Waals surface area contributed by atoms with Crippen molar-refractivity contribution in [3.8, 4) is 5.75 Å². The van der Waals surface area contributed by atoms with Crippen molar-refractivity contribution in [1.82, 2.24) is 5.32 Å². The molecule has 0 heterocycles. The number of benzene rings is 1. The van der Waals surface area contributed by atoms with Crippen molar-refractivity contribution < 1.29 is 9.53 Å². The lowest BCUT2D eigenvalue weighted by Gasteiger charge is -2.10. The van der Waals surface area contributed by atoms with Crippen LogP contribution in [-0.2, 0) is 11.2 Å². The summed E-state index contributed by atoms with van der Waals surface area (Å²) >= 11 is 0. The third kappa shape index (κ3) is 5.19. The summed E-state index contributed by atoms with van der Waals surface area (Å²) < 4.78 is 5.47. The number of carbonyl (C=O) groups is 1. The van der Waals surface area contributed by atoms with Crippen LogP contribution in [0.5, 0.6) is 5.75 Å². The Morgan fingerprint density at radius 1 is 1.39 bits per heavy atom. The second-order valence-electron chi connectivity index (χ2n) is 4.29. The summed E-state index contributed by atoms with van der Waals surface area (Å²) in [6, 6.07) is 8.09. The van der Waals surface area contributed by atoms with Crippen molar-refractivity contribution in [1.29, 1.82) is 0 Å². The van der Waals surface area contributed by atoms with Gasteiger partial charge in [0.2, 0.25) is 5.91 Å². The van der Waals surface area contributed by atoms with E-state index in [0.717, 1.165) is 18.6 Å². The number of rotatable bonds is 7. The number of nitrogens with two attached hydrogens (primary N) is 1. The van der Waals surface area contributed by atoms with Crippen molar-refractivity contribution in [3.63, 3.8) is 0 Å². The van der Waals surface area contributed by atoms with E-state index < -0.39 is 0 Å². The Balaban J connectivity index is 2.38. The molecule has 0 radical (unpaired) electrons. The normalized spacial score (nSPS) is 11.9. The van der Waals surface area contributed by atoms with Crippen LogP contribution >= 0.6 is 0 Å². The standard InChI is InChI=1S/C14H22N2O2/c1-3-12(15)10-11-4-6-13(7-5-11)18-9-8-14(17)16-2/h4-7,12H,3,8-10,15H2,1-2H3,(H,16,17). The smallest absolute Gasteiger partial charge is 0.223 e. The second kappa shape index (κ2) is 7.71. The van der Waals surface area contributed by atoms with E-state index in [1.807, 2.05) is 24.3 Å². The van der Waals surface area contributed by atoms with E-state index in [2.05, 4.69) is 12.2 Å². The molecule has 4 heteroatoms. The number of nitrogens with one attached hydrogen (secondary N) is 1. The molecule has 0 fully saturated rings. The maximum atomic E-state index is 11.0. The van der Waals surface area contributed by atoms with Crippen molar-refractivity contribution in [3.05, 3.63) is 29.8 Å². The van der Waals surface area contributed by atoms with Gasteiger partial charge in [-0.15, -0.1) is 0 Å². The van der Waals surface area contributed by atoms with E-state index in [1.165, 1.54) is 5.56 Å². The summed E-state index contributed by atoms with van der Waals surface area (Å²) in [4.78, 5) is 11.0. The topological polar surface area (TPSA) is 64.3 Å². The molecule has 1 rings (SSSR count). The van der Waals surface area contributed by atoms with Crippen LogP contribution in [0, 0.1) is 0 Å². The van der Waals surface area contributed by atoms with Gasteiger partial charge in [0.05, 0.1) is 13.0 Å². The molecule has 0 saturated carbocycles. The summed E-state index contributed by atoms with van der Waals surface area (Å²) in [6.07, 6.45) is 2.23. The lowest BCUT2D eigenvalue weighted by atomic mass is 10.0. The predicted molar refractivity (Wildman–Crippen MR) is 72.6 cm³/mol. The molecule has 0 spiro atoms. The Morgan fingerprint density at radius 3 is 2.61 bits per heavy atom. The zero-order valence-corrected chi connectivity index (χ0v) is 11.1. The van der Waals surface area contributed by atoms with Gasteiger partial charge in [-0.1, -0.05) is 19.1 Å². The molecular formula is C14H22N2O2. The van der Waals surface area contributed by atoms with Gasteiger partial charge in [0.25, 0.3) is 0 Å². The van der Waals surface area contributed by atoms with Crippen LogP contribution < -0.4 is 15.8 Å². The van der Waals surface area contributed by atoms with Crippen LogP contribution in [0.15, 0.2) is 24.3 Å². The first kappa shape index (κ1) is 14.5. The molecule has 0 saturated heterocycles. The highest BCUT2D eigenvalue weighted by atomic mass is 16.5. The third-order valence-electron chi connectivity index (χ3n) is 2.82. The largest absolute Gasteiger partial charge is 0.493 e. The van der Waals surface area contributed by atoms with Crippen LogP contribution in [0.3, 0.4) is 0 Å². The molecule has 4 nitrogen and oxygen atoms in total. The first-order valence-electron chi connectivity index (χ1n) is 6.33. The van der Waals surface area contributed by atoms with Crippen molar-refractivity contribution >= 4 is 5.91 Å². The zero-order valence-electron chi connectivity index (χ0n) is 11.1. The van der Waals surface area contributed by atoms with Crippen molar-refractivity contribution in [2.45, 2.75) is 32.2 Å². The average molecular weight is 250 g/mol. The summed E-state index contributed by atoms with van der Waals surface area (Å²) in [5.74, 6) is 0.772. The summed E-state index contributed by atoms with van der Waals surface area (Å²) in [6.45, 7) is 2.48. The first-order chi connectivity index (χ1) is 8.65. The SMILES string of the molecule is CCC(N)Cc1ccc(OCCC(=O)NC)cc1. The minimum atomic E-state index is -0.0134. The lowest BCUT2D eigenvalue weighted by molar-refractivity contribution is -0.121. The summed E-state index contributed by atoms with van der Waals surface area (Å²) in [5.41, 5.74) is 7.11. The van der Waals surface area contributed by atoms with Gasteiger partial charge in [0.1, 0.15) is 5.75 Å². The molecule has 0 aliphatic carbocycles. The van der Waals surface area contributed by atoms with Gasteiger partial charge >= 0.3 is 0 Å². The maximum absolute atomic E-state index is 11.0. The second-order valence-corrected chi connectivity index (χ2v) is 4.29. The molecule has 0 aliphatic heterocycles. The number of ether oxygens (including phenoxy) is 1. The van der Waals surface area contributed by atoms with E-state index in [4.69, 9.17) is 10.5 Å². The predicted octanol–water partition coefficient (Wildman–Crippen LogP) is 1.48. The molecule has 1 aromatic carbocycles. The van der Waals surface area contributed by atoms with Gasteiger partial charge in [-0.25, -0.2) is 0 Å². The molecule has 0 aromatic heterocycles. The Hall–Kier alpha value is -1.55. The summed E-state index contributed by atoms with van der Waals surface area (Å²) in [7, 11) is 1.62. The molecule has 18 heavy (non-hydrogen) atoms. The number of carbonyl (C=O) groups excluding carboxylic acids is 1. The molecule has 1 amide bonds. The van der Waals surface area contributed by atoms with Crippen molar-refractivity contribution in [2.24, 2.45) is 5.73 Å². The van der Waals surface area contributed by atoms with E-state index >= 15 is 0 Å². The minimum absolute atomic E-state index is 0.0134. The first-order valence-corrected chi connectivity index (χ1v) is 6.33. The zero-order chi connectivity index (χ0) is 13.4. The highest BCUT2D eigenvalue weighted by Gasteiger charge is 2.02. The molecule has 0 bridgehead atoms. The highest BCUT2D eigenvalue weighted by molar-refractivity contribution is 5.75. The van der Waals surface area contributed by atoms with E-state index in [1.54, 1.807) is 7.05 Å². The van der Waals surface area contributed by atoms with Crippen LogP contribution in [0.4, 0.5) is 0 Å². The fraction of sp³-hybridized carbons (Fsp3) is 0.500. The van der Waals surface area contributed by atoms with E-state index in [0.29, 0.717) is 13.0 Å². The Morgan fingerprint density at radius 2 is 2.06 bits per heavy atom. The lowest BCUT2D eigenvalue weighted by Crippen LogP contribution is -2.21. The van der Waals surface area contributed by atoms with E-state index in [-0.39, 0.29) is 11.9 Å².